The highest BCUT2D eigenvalue weighted by atomic mass is 32.1. The second kappa shape index (κ2) is 11.8. The molecule has 0 aliphatic rings. The van der Waals surface area contributed by atoms with E-state index in [0.717, 1.165) is 36.4 Å². The van der Waals surface area contributed by atoms with E-state index in [1.54, 1.807) is 16.9 Å². The Bertz CT molecular complexity index is 1110. The van der Waals surface area contributed by atoms with Crippen molar-refractivity contribution in [3.63, 3.8) is 0 Å². The SMILES string of the molecule is CCCNC(=O)c1nnc(CCCCn2cc(C(=O)CCc3cccc(C(F)(F)F)c3)nn2)s1. The Balaban J connectivity index is 1.41. The lowest BCUT2D eigenvalue weighted by Gasteiger charge is -2.08. The predicted molar refractivity (Wildman–Crippen MR) is 120 cm³/mol. The van der Waals surface area contributed by atoms with E-state index in [2.05, 4.69) is 25.8 Å². The molecule has 34 heavy (non-hydrogen) atoms. The third-order valence-electron chi connectivity index (χ3n) is 4.94. The van der Waals surface area contributed by atoms with Gasteiger partial charge < -0.3 is 5.32 Å². The smallest absolute Gasteiger partial charge is 0.350 e. The third-order valence-corrected chi connectivity index (χ3v) is 5.93. The van der Waals surface area contributed by atoms with Crippen LogP contribution in [0.25, 0.3) is 0 Å². The lowest BCUT2D eigenvalue weighted by Crippen LogP contribution is -2.23. The number of alkyl halides is 3. The minimum atomic E-state index is -4.41. The molecule has 0 fully saturated rings. The summed E-state index contributed by atoms with van der Waals surface area (Å²) < 4.78 is 40.0. The fourth-order valence-corrected chi connectivity index (χ4v) is 3.93. The van der Waals surface area contributed by atoms with Gasteiger partial charge in [-0.25, -0.2) is 0 Å². The zero-order chi connectivity index (χ0) is 24.6. The molecule has 0 radical (unpaired) electrons. The number of unbranched alkanes of at least 4 members (excludes halogenated alkanes) is 1. The van der Waals surface area contributed by atoms with Gasteiger partial charge in [0.05, 0.1) is 11.8 Å². The van der Waals surface area contributed by atoms with E-state index in [1.807, 2.05) is 6.92 Å². The van der Waals surface area contributed by atoms with Crippen molar-refractivity contribution in [3.05, 3.63) is 57.3 Å². The number of nitrogens with one attached hydrogen (secondary N) is 1. The number of hydrogen-bond acceptors (Lipinski definition) is 7. The standard InChI is InChI=1S/C22H25F3N6O2S/c1-2-11-26-20(33)21-29-28-19(34-21)8-3-4-12-31-14-17(27-30-31)18(32)10-9-15-6-5-7-16(13-15)22(23,24)25/h5-7,13-14H,2-4,8-12H2,1H3,(H,26,33). The monoisotopic (exact) mass is 494 g/mol. The highest BCUT2D eigenvalue weighted by Crippen LogP contribution is 2.29. The first-order valence-corrected chi connectivity index (χ1v) is 11.8. The summed E-state index contributed by atoms with van der Waals surface area (Å²) in [6.45, 7) is 3.12. The quantitative estimate of drug-likeness (QED) is 0.300. The Hall–Kier alpha value is -3.15. The Morgan fingerprint density at radius 1 is 1.12 bits per heavy atom. The summed E-state index contributed by atoms with van der Waals surface area (Å²) in [5, 5.41) is 19.7. The van der Waals surface area contributed by atoms with Crippen LogP contribution in [-0.4, -0.2) is 43.4 Å². The number of amides is 1. The second-order valence-corrected chi connectivity index (χ2v) is 8.76. The summed E-state index contributed by atoms with van der Waals surface area (Å²) in [7, 11) is 0. The molecule has 0 aliphatic heterocycles. The van der Waals surface area contributed by atoms with Gasteiger partial charge in [0, 0.05) is 25.9 Å². The molecule has 0 unspecified atom stereocenters. The summed E-state index contributed by atoms with van der Waals surface area (Å²) in [5.74, 6) is -0.482. The molecule has 0 saturated heterocycles. The van der Waals surface area contributed by atoms with Crippen LogP contribution in [0.2, 0.25) is 0 Å². The summed E-state index contributed by atoms with van der Waals surface area (Å²) in [4.78, 5) is 24.2. The van der Waals surface area contributed by atoms with Crippen LogP contribution >= 0.6 is 11.3 Å². The molecule has 1 N–H and O–H groups in total. The predicted octanol–water partition coefficient (Wildman–Crippen LogP) is 4.13. The van der Waals surface area contributed by atoms with E-state index in [0.29, 0.717) is 30.1 Å². The van der Waals surface area contributed by atoms with Crippen LogP contribution in [0.3, 0.4) is 0 Å². The van der Waals surface area contributed by atoms with Crippen molar-refractivity contribution in [2.24, 2.45) is 0 Å². The van der Waals surface area contributed by atoms with Crippen molar-refractivity contribution in [1.29, 1.82) is 0 Å². The Morgan fingerprint density at radius 3 is 2.71 bits per heavy atom. The topological polar surface area (TPSA) is 103 Å². The number of aryl methyl sites for hydroxylation is 3. The number of aromatic nitrogens is 5. The van der Waals surface area contributed by atoms with Gasteiger partial charge in [0.15, 0.2) is 5.78 Å². The molecule has 8 nitrogen and oxygen atoms in total. The first-order chi connectivity index (χ1) is 16.3. The largest absolute Gasteiger partial charge is 0.416 e. The summed E-state index contributed by atoms with van der Waals surface area (Å²) in [5.41, 5.74) is -0.0926. The van der Waals surface area contributed by atoms with Gasteiger partial charge in [-0.3, -0.25) is 14.3 Å². The molecular weight excluding hydrogens is 469 g/mol. The number of carbonyl (C=O) groups excluding carboxylic acids is 2. The highest BCUT2D eigenvalue weighted by Gasteiger charge is 2.30. The maximum absolute atomic E-state index is 12.8. The molecule has 2 aromatic heterocycles. The second-order valence-electron chi connectivity index (χ2n) is 7.70. The van der Waals surface area contributed by atoms with E-state index in [-0.39, 0.29) is 30.2 Å². The highest BCUT2D eigenvalue weighted by molar-refractivity contribution is 7.13. The van der Waals surface area contributed by atoms with Gasteiger partial charge in [-0.05, 0) is 37.3 Å². The molecule has 0 aliphatic carbocycles. The van der Waals surface area contributed by atoms with Crippen molar-refractivity contribution in [3.8, 4) is 0 Å². The third kappa shape index (κ3) is 7.44. The average Bonchev–Trinajstić information content (AvgIpc) is 3.48. The van der Waals surface area contributed by atoms with Crippen molar-refractivity contribution >= 4 is 23.0 Å². The van der Waals surface area contributed by atoms with Gasteiger partial charge in [0.25, 0.3) is 5.91 Å². The van der Waals surface area contributed by atoms with Gasteiger partial charge in [-0.15, -0.1) is 15.3 Å². The summed E-state index contributed by atoms with van der Waals surface area (Å²) in [6.07, 6.45) is 0.460. The van der Waals surface area contributed by atoms with Crippen LogP contribution in [0.1, 0.15) is 69.0 Å². The number of ketones is 1. The molecule has 2 heterocycles. The number of nitrogens with zero attached hydrogens (tertiary/aromatic N) is 5. The van der Waals surface area contributed by atoms with Crippen molar-refractivity contribution in [2.45, 2.75) is 58.2 Å². The van der Waals surface area contributed by atoms with Crippen LogP contribution in [0, 0.1) is 0 Å². The molecule has 182 valence electrons. The van der Waals surface area contributed by atoms with Gasteiger partial charge in [0.1, 0.15) is 10.7 Å². The molecular formula is C22H25F3N6O2S. The van der Waals surface area contributed by atoms with Gasteiger partial charge >= 0.3 is 6.18 Å². The zero-order valence-corrected chi connectivity index (χ0v) is 19.5. The number of hydrogen-bond donors (Lipinski definition) is 1. The Kier molecular flexibility index (Phi) is 8.85. The minimum absolute atomic E-state index is 0.0468. The molecule has 0 bridgehead atoms. The van der Waals surface area contributed by atoms with E-state index in [1.165, 1.54) is 17.4 Å². The van der Waals surface area contributed by atoms with Crippen molar-refractivity contribution in [2.75, 3.05) is 6.54 Å². The first kappa shape index (κ1) is 25.5. The van der Waals surface area contributed by atoms with Gasteiger partial charge in [0.2, 0.25) is 5.01 Å². The molecule has 3 aromatic rings. The lowest BCUT2D eigenvalue weighted by molar-refractivity contribution is -0.137. The number of Topliss-reactive ketones (excluding diaryl/α,β-unsaturated/α-hetero) is 1. The van der Waals surface area contributed by atoms with Crippen LogP contribution in [0.5, 0.6) is 0 Å². The minimum Gasteiger partial charge on any atom is -0.350 e. The molecule has 12 heteroatoms. The van der Waals surface area contributed by atoms with E-state index in [9.17, 15) is 22.8 Å². The van der Waals surface area contributed by atoms with Gasteiger partial charge in [-0.1, -0.05) is 41.7 Å². The lowest BCUT2D eigenvalue weighted by atomic mass is 10.0. The van der Waals surface area contributed by atoms with Crippen LogP contribution < -0.4 is 5.32 Å². The van der Waals surface area contributed by atoms with E-state index in [4.69, 9.17) is 0 Å². The zero-order valence-electron chi connectivity index (χ0n) is 18.6. The summed E-state index contributed by atoms with van der Waals surface area (Å²) >= 11 is 1.28. The summed E-state index contributed by atoms with van der Waals surface area (Å²) in [6, 6.07) is 4.97. The normalized spacial score (nSPS) is 11.5. The molecule has 0 spiro atoms. The molecule has 1 aromatic carbocycles. The Labute approximate surface area is 198 Å². The number of carbonyl (C=O) groups is 2. The molecule has 0 saturated carbocycles. The molecule has 0 atom stereocenters. The maximum Gasteiger partial charge on any atom is 0.416 e. The van der Waals surface area contributed by atoms with Crippen molar-refractivity contribution < 1.29 is 22.8 Å². The molecule has 3 rings (SSSR count). The van der Waals surface area contributed by atoms with Crippen LogP contribution in [0.15, 0.2) is 30.5 Å². The number of benzene rings is 1. The molecule has 1 amide bonds. The number of halogens is 3. The maximum atomic E-state index is 12.8. The fraction of sp³-hybridized carbons (Fsp3) is 0.455. The van der Waals surface area contributed by atoms with Crippen LogP contribution in [-0.2, 0) is 25.6 Å². The fourth-order valence-electron chi connectivity index (χ4n) is 3.14. The first-order valence-electron chi connectivity index (χ1n) is 11.0. The Morgan fingerprint density at radius 2 is 1.94 bits per heavy atom. The van der Waals surface area contributed by atoms with Crippen LogP contribution in [0.4, 0.5) is 13.2 Å². The number of rotatable bonds is 12. The average molecular weight is 495 g/mol. The van der Waals surface area contributed by atoms with E-state index >= 15 is 0 Å². The van der Waals surface area contributed by atoms with E-state index < -0.39 is 11.7 Å². The van der Waals surface area contributed by atoms with Gasteiger partial charge in [-0.2, -0.15) is 13.2 Å². The van der Waals surface area contributed by atoms with Crippen molar-refractivity contribution in [1.82, 2.24) is 30.5 Å².